The Labute approximate surface area is 87.9 Å². The maximum Gasteiger partial charge on any atom is 0.127 e. The summed E-state index contributed by atoms with van der Waals surface area (Å²) in [6.07, 6.45) is 3.44. The molecule has 0 saturated carbocycles. The van der Waals surface area contributed by atoms with E-state index in [1.807, 2.05) is 0 Å². The van der Waals surface area contributed by atoms with Crippen molar-refractivity contribution in [2.45, 2.75) is 33.6 Å². The van der Waals surface area contributed by atoms with Gasteiger partial charge in [-0.1, -0.05) is 27.7 Å². The van der Waals surface area contributed by atoms with Crippen LogP contribution in [0.15, 0.2) is 17.0 Å². The molecule has 3 heteroatoms. The van der Waals surface area contributed by atoms with Crippen LogP contribution in [0.4, 0.5) is 0 Å². The van der Waals surface area contributed by atoms with Crippen LogP contribution < -0.4 is 0 Å². The molecule has 1 aromatic rings. The largest absolute Gasteiger partial charge is 0.257 e. The molecular weight excluding hydrogens is 228 g/mol. The van der Waals surface area contributed by atoms with E-state index in [0.717, 1.165) is 10.3 Å². The third-order valence-electron chi connectivity index (χ3n) is 2.39. The molecule has 0 N–H and O–H groups in total. The average molecular weight is 243 g/mol. The summed E-state index contributed by atoms with van der Waals surface area (Å²) in [6, 6.07) is 0. The lowest BCUT2D eigenvalue weighted by atomic mass is 9.80. The number of hydrogen-bond donors (Lipinski definition) is 0. The van der Waals surface area contributed by atoms with Gasteiger partial charge in [0.05, 0.1) is 5.69 Å². The van der Waals surface area contributed by atoms with E-state index in [-0.39, 0.29) is 5.41 Å². The molecule has 0 saturated heterocycles. The first kappa shape index (κ1) is 10.6. The van der Waals surface area contributed by atoms with Gasteiger partial charge < -0.3 is 0 Å². The molecule has 0 aliphatic heterocycles. The zero-order valence-corrected chi connectivity index (χ0v) is 10.1. The van der Waals surface area contributed by atoms with Crippen molar-refractivity contribution < 1.29 is 0 Å². The Morgan fingerprint density at radius 2 is 1.77 bits per heavy atom. The van der Waals surface area contributed by atoms with E-state index in [9.17, 15) is 0 Å². The number of rotatable bonds is 1. The summed E-state index contributed by atoms with van der Waals surface area (Å²) >= 11 is 3.42. The molecule has 0 bridgehead atoms. The predicted molar refractivity (Wildman–Crippen MR) is 57.6 cm³/mol. The third-order valence-corrected chi connectivity index (χ3v) is 3.00. The lowest BCUT2D eigenvalue weighted by Gasteiger charge is -2.26. The van der Waals surface area contributed by atoms with Gasteiger partial charge in [-0.3, -0.25) is 4.98 Å². The lowest BCUT2D eigenvalue weighted by Crippen LogP contribution is -2.17. The highest BCUT2D eigenvalue weighted by molar-refractivity contribution is 9.10. The summed E-state index contributed by atoms with van der Waals surface area (Å²) < 4.78 is 0.859. The first-order chi connectivity index (χ1) is 5.93. The van der Waals surface area contributed by atoms with Crippen molar-refractivity contribution >= 4 is 15.9 Å². The fourth-order valence-electron chi connectivity index (χ4n) is 1.03. The summed E-state index contributed by atoms with van der Waals surface area (Å²) in [6.45, 7) is 8.80. The van der Waals surface area contributed by atoms with E-state index in [1.54, 1.807) is 12.4 Å². The Morgan fingerprint density at radius 1 is 1.23 bits per heavy atom. The molecular formula is C10H15BrN2. The molecule has 72 valence electrons. The number of halogens is 1. The second kappa shape index (κ2) is 3.74. The molecule has 0 radical (unpaired) electrons. The zero-order valence-electron chi connectivity index (χ0n) is 8.50. The van der Waals surface area contributed by atoms with Gasteiger partial charge in [0.1, 0.15) is 4.60 Å². The van der Waals surface area contributed by atoms with Crippen LogP contribution in [0.25, 0.3) is 0 Å². The van der Waals surface area contributed by atoms with Gasteiger partial charge in [0.25, 0.3) is 0 Å². The second-order valence-corrected chi connectivity index (χ2v) is 5.07. The molecule has 0 spiro atoms. The number of aromatic nitrogens is 2. The van der Waals surface area contributed by atoms with Crippen molar-refractivity contribution in [3.05, 3.63) is 22.7 Å². The van der Waals surface area contributed by atoms with Crippen LogP contribution in [0.3, 0.4) is 0 Å². The van der Waals surface area contributed by atoms with E-state index in [4.69, 9.17) is 0 Å². The standard InChI is InChI=1S/C10H15BrN2/c1-7(10(2,3)4)8-9(11)13-6-5-12-8/h5-7H,1-4H3. The molecule has 1 unspecified atom stereocenters. The molecule has 2 nitrogen and oxygen atoms in total. The molecule has 0 aliphatic carbocycles. The predicted octanol–water partition coefficient (Wildman–Crippen LogP) is 3.39. The third kappa shape index (κ3) is 2.50. The highest BCUT2D eigenvalue weighted by Gasteiger charge is 2.24. The molecule has 1 heterocycles. The number of nitrogens with zero attached hydrogens (tertiary/aromatic N) is 2. The summed E-state index contributed by atoms with van der Waals surface area (Å²) in [5.41, 5.74) is 1.26. The molecule has 0 fully saturated rings. The monoisotopic (exact) mass is 242 g/mol. The van der Waals surface area contributed by atoms with Gasteiger partial charge in [0.2, 0.25) is 0 Å². The first-order valence-corrected chi connectivity index (χ1v) is 5.18. The SMILES string of the molecule is CC(c1nccnc1Br)C(C)(C)C. The Morgan fingerprint density at radius 3 is 2.23 bits per heavy atom. The minimum atomic E-state index is 0.221. The van der Waals surface area contributed by atoms with Gasteiger partial charge >= 0.3 is 0 Å². The summed E-state index contributed by atoms with van der Waals surface area (Å²) in [4.78, 5) is 8.50. The first-order valence-electron chi connectivity index (χ1n) is 4.39. The van der Waals surface area contributed by atoms with Gasteiger partial charge in [-0.2, -0.15) is 0 Å². The van der Waals surface area contributed by atoms with Crippen molar-refractivity contribution in [3.63, 3.8) is 0 Å². The molecule has 0 aromatic carbocycles. The summed E-state index contributed by atoms with van der Waals surface area (Å²) in [5.74, 6) is 0.399. The summed E-state index contributed by atoms with van der Waals surface area (Å²) in [5, 5.41) is 0. The van der Waals surface area contributed by atoms with Gasteiger partial charge in [0, 0.05) is 18.3 Å². The highest BCUT2D eigenvalue weighted by atomic mass is 79.9. The fraction of sp³-hybridized carbons (Fsp3) is 0.600. The maximum atomic E-state index is 4.34. The minimum absolute atomic E-state index is 0.221. The molecule has 0 aliphatic rings. The second-order valence-electron chi connectivity index (χ2n) is 4.32. The summed E-state index contributed by atoms with van der Waals surface area (Å²) in [7, 11) is 0. The molecule has 0 amide bonds. The van der Waals surface area contributed by atoms with Crippen LogP contribution in [-0.4, -0.2) is 9.97 Å². The Hall–Kier alpha value is -0.440. The quantitative estimate of drug-likeness (QED) is 0.755. The van der Waals surface area contributed by atoms with Crippen molar-refractivity contribution in [3.8, 4) is 0 Å². The van der Waals surface area contributed by atoms with Crippen LogP contribution in [0.2, 0.25) is 0 Å². The van der Waals surface area contributed by atoms with E-state index < -0.39 is 0 Å². The normalized spacial score (nSPS) is 14.2. The van der Waals surface area contributed by atoms with Crippen molar-refractivity contribution in [2.75, 3.05) is 0 Å². The average Bonchev–Trinajstić information content (AvgIpc) is 2.02. The zero-order chi connectivity index (χ0) is 10.1. The Kier molecular flexibility index (Phi) is 3.06. The Balaban J connectivity index is 3.02. The number of hydrogen-bond acceptors (Lipinski definition) is 2. The topological polar surface area (TPSA) is 25.8 Å². The molecule has 13 heavy (non-hydrogen) atoms. The van der Waals surface area contributed by atoms with E-state index in [2.05, 4.69) is 53.6 Å². The maximum absolute atomic E-state index is 4.34. The van der Waals surface area contributed by atoms with Gasteiger partial charge in [-0.25, -0.2) is 4.98 Å². The van der Waals surface area contributed by atoms with Gasteiger partial charge in [-0.05, 0) is 21.3 Å². The van der Waals surface area contributed by atoms with Crippen LogP contribution in [-0.2, 0) is 0 Å². The van der Waals surface area contributed by atoms with Crippen LogP contribution in [0, 0.1) is 5.41 Å². The van der Waals surface area contributed by atoms with Gasteiger partial charge in [0.15, 0.2) is 0 Å². The van der Waals surface area contributed by atoms with Gasteiger partial charge in [-0.15, -0.1) is 0 Å². The smallest absolute Gasteiger partial charge is 0.127 e. The molecule has 1 atom stereocenters. The highest BCUT2D eigenvalue weighted by Crippen LogP contribution is 2.35. The van der Waals surface area contributed by atoms with E-state index in [0.29, 0.717) is 5.92 Å². The fourth-order valence-corrected chi connectivity index (χ4v) is 1.60. The van der Waals surface area contributed by atoms with Crippen molar-refractivity contribution in [2.24, 2.45) is 5.41 Å². The molecule has 1 aromatic heterocycles. The van der Waals surface area contributed by atoms with E-state index in [1.165, 1.54) is 0 Å². The minimum Gasteiger partial charge on any atom is -0.257 e. The van der Waals surface area contributed by atoms with Crippen LogP contribution >= 0.6 is 15.9 Å². The van der Waals surface area contributed by atoms with Crippen LogP contribution in [0.5, 0.6) is 0 Å². The van der Waals surface area contributed by atoms with Crippen molar-refractivity contribution in [1.82, 2.24) is 9.97 Å². The Bertz CT molecular complexity index is 291. The van der Waals surface area contributed by atoms with Crippen molar-refractivity contribution in [1.29, 1.82) is 0 Å². The van der Waals surface area contributed by atoms with Crippen LogP contribution in [0.1, 0.15) is 39.3 Å². The molecule has 1 rings (SSSR count). The lowest BCUT2D eigenvalue weighted by molar-refractivity contribution is 0.332. The van der Waals surface area contributed by atoms with E-state index >= 15 is 0 Å².